The monoisotopic (exact) mass is 518 g/mol. The molecule has 4 aromatic rings. The van der Waals surface area contributed by atoms with Gasteiger partial charge in [0.15, 0.2) is 0 Å². The molecular weight excluding hydrogens is 488 g/mol. The molecule has 1 spiro atoms. The van der Waals surface area contributed by atoms with Gasteiger partial charge in [-0.1, -0.05) is 83.9 Å². The lowest BCUT2D eigenvalue weighted by molar-refractivity contribution is -0.118. The molecule has 1 aliphatic heterocycles. The third-order valence-electron chi connectivity index (χ3n) is 7.62. The molecule has 1 aliphatic carbocycles. The molecule has 196 valence electrons. The summed E-state index contributed by atoms with van der Waals surface area (Å²) in [6.07, 6.45) is 5.84. The molecule has 2 aliphatic rings. The summed E-state index contributed by atoms with van der Waals surface area (Å²) in [4.78, 5) is 25.4. The van der Waals surface area contributed by atoms with Crippen molar-refractivity contribution in [1.82, 2.24) is 14.3 Å². The van der Waals surface area contributed by atoms with Crippen LogP contribution in [0.5, 0.6) is 0 Å². The summed E-state index contributed by atoms with van der Waals surface area (Å²) in [7, 11) is 0. The quantitative estimate of drug-likeness (QED) is 0.420. The van der Waals surface area contributed by atoms with Crippen LogP contribution in [-0.2, 0) is 29.7 Å². The van der Waals surface area contributed by atoms with E-state index in [0.717, 1.165) is 40.8 Å². The normalized spacial score (nSPS) is 17.9. The summed E-state index contributed by atoms with van der Waals surface area (Å²) in [6, 6.07) is 24.7. The summed E-state index contributed by atoms with van der Waals surface area (Å²) in [6.45, 7) is 4.04. The second-order valence-electron chi connectivity index (χ2n) is 10.4. The van der Waals surface area contributed by atoms with E-state index in [1.165, 1.54) is 20.4 Å². The van der Waals surface area contributed by atoms with E-state index in [1.54, 1.807) is 5.01 Å². The van der Waals surface area contributed by atoms with Gasteiger partial charge in [-0.05, 0) is 55.0 Å². The van der Waals surface area contributed by atoms with Gasteiger partial charge in [0.2, 0.25) is 5.91 Å². The van der Waals surface area contributed by atoms with Crippen LogP contribution in [0.1, 0.15) is 39.8 Å². The number of aryl methyl sites for hydroxylation is 3. The third-order valence-corrected chi connectivity index (χ3v) is 7.62. The van der Waals surface area contributed by atoms with E-state index in [9.17, 15) is 9.59 Å². The van der Waals surface area contributed by atoms with E-state index < -0.39 is 17.0 Å². The number of nitrogens with zero attached hydrogens (tertiary/aromatic N) is 5. The highest BCUT2D eigenvalue weighted by Gasteiger charge is 2.44. The summed E-state index contributed by atoms with van der Waals surface area (Å²) < 4.78 is 2.64. The number of anilines is 1. The summed E-state index contributed by atoms with van der Waals surface area (Å²) >= 11 is 0. The van der Waals surface area contributed by atoms with Crippen molar-refractivity contribution in [2.24, 2.45) is 10.8 Å². The van der Waals surface area contributed by atoms with Gasteiger partial charge in [0, 0.05) is 6.20 Å². The lowest BCUT2D eigenvalue weighted by Gasteiger charge is -2.34. The smallest absolute Gasteiger partial charge is 0.348 e. The number of hydrogen-bond donors (Lipinski definition) is 1. The molecule has 3 aromatic carbocycles. The predicted octanol–water partition coefficient (Wildman–Crippen LogP) is 3.82. The van der Waals surface area contributed by atoms with E-state index in [1.807, 2.05) is 37.4 Å². The van der Waals surface area contributed by atoms with Crippen molar-refractivity contribution in [2.45, 2.75) is 45.2 Å². The van der Waals surface area contributed by atoms with Crippen molar-refractivity contribution in [3.63, 3.8) is 0 Å². The van der Waals surface area contributed by atoms with Crippen molar-refractivity contribution < 1.29 is 4.79 Å². The zero-order chi connectivity index (χ0) is 27.1. The van der Waals surface area contributed by atoms with Gasteiger partial charge in [0.05, 0.1) is 17.7 Å². The molecule has 6 rings (SSSR count). The number of fused-ring (bicyclic) bond motifs is 2. The lowest BCUT2D eigenvalue weighted by atomic mass is 9.74. The Bertz CT molecular complexity index is 1680. The highest BCUT2D eigenvalue weighted by Crippen LogP contribution is 2.45. The fourth-order valence-electron chi connectivity index (χ4n) is 5.57. The molecule has 0 bridgehead atoms. The Morgan fingerprint density at radius 3 is 2.38 bits per heavy atom. The van der Waals surface area contributed by atoms with Crippen molar-refractivity contribution in [2.75, 3.05) is 5.01 Å². The Labute approximate surface area is 226 Å². The summed E-state index contributed by atoms with van der Waals surface area (Å²) in [5.74, 6) is -0.383. The molecule has 0 saturated heterocycles. The first-order valence-electron chi connectivity index (χ1n) is 13.1. The number of benzene rings is 3. The molecule has 1 aromatic heterocycles. The summed E-state index contributed by atoms with van der Waals surface area (Å²) in [5.41, 5.74) is 12.4. The number of primary amides is 1. The molecule has 8 heteroatoms. The average molecular weight is 519 g/mol. The maximum absolute atomic E-state index is 13.4. The Balaban J connectivity index is 1.47. The van der Waals surface area contributed by atoms with Gasteiger partial charge >= 0.3 is 5.69 Å². The number of hydrazone groups is 1. The number of hydrogen-bond acceptors (Lipinski definition) is 5. The average Bonchev–Trinajstić information content (AvgIpc) is 3.44. The maximum Gasteiger partial charge on any atom is 0.348 e. The second-order valence-corrected chi connectivity index (χ2v) is 10.4. The number of aromatic nitrogens is 3. The van der Waals surface area contributed by atoms with Gasteiger partial charge in [0.1, 0.15) is 6.54 Å². The molecule has 39 heavy (non-hydrogen) atoms. The highest BCUT2D eigenvalue weighted by atomic mass is 16.2. The number of nitrogens with two attached hydrogens (primary N) is 1. The standard InChI is InChI=1S/C31H30N6O2/c1-21-7-11-23(12-8-21)19-37-30(39)35(20-27(32)38)29(34-37)36-18-17-31(16-15-24-5-3-4-6-26(24)31)28(33-36)25-13-9-22(2)10-14-25/h3-14,17-18H,15-16,19-20H2,1-2H3,(H2,32,38)/t31-/m0/s1. The van der Waals surface area contributed by atoms with Crippen LogP contribution in [0, 0.1) is 13.8 Å². The Kier molecular flexibility index (Phi) is 6.02. The largest absolute Gasteiger partial charge is 0.368 e. The number of carbonyl (C=O) groups excluding carboxylic acids is 1. The van der Waals surface area contributed by atoms with Crippen LogP contribution < -0.4 is 16.4 Å². The minimum absolute atomic E-state index is 0.243. The Hall–Kier alpha value is -4.72. The van der Waals surface area contributed by atoms with E-state index in [2.05, 4.69) is 66.6 Å². The van der Waals surface area contributed by atoms with Crippen molar-refractivity contribution in [1.29, 1.82) is 0 Å². The maximum atomic E-state index is 13.4. The van der Waals surface area contributed by atoms with Gasteiger partial charge in [0.25, 0.3) is 5.95 Å². The molecule has 2 heterocycles. The SMILES string of the molecule is Cc1ccc(Cn2nc(N3C=C[C@]4(CCc5ccccc54)C(c4ccc(C)cc4)=N3)n(CC(N)=O)c2=O)cc1. The van der Waals surface area contributed by atoms with Crippen LogP contribution in [0.25, 0.3) is 0 Å². The number of allylic oxidation sites excluding steroid dienone is 1. The van der Waals surface area contributed by atoms with Crippen molar-refractivity contribution in [3.8, 4) is 0 Å². The molecule has 1 amide bonds. The van der Waals surface area contributed by atoms with Crippen LogP contribution in [0.4, 0.5) is 5.95 Å². The molecule has 0 fully saturated rings. The highest BCUT2D eigenvalue weighted by molar-refractivity contribution is 6.11. The van der Waals surface area contributed by atoms with E-state index >= 15 is 0 Å². The van der Waals surface area contributed by atoms with Crippen molar-refractivity contribution in [3.05, 3.63) is 129 Å². The van der Waals surface area contributed by atoms with E-state index in [0.29, 0.717) is 0 Å². The number of carbonyl (C=O) groups is 1. The van der Waals surface area contributed by atoms with Crippen LogP contribution in [0.3, 0.4) is 0 Å². The summed E-state index contributed by atoms with van der Waals surface area (Å²) in [5, 5.41) is 11.3. The fraction of sp³-hybridized carbons (Fsp3) is 0.226. The van der Waals surface area contributed by atoms with Gasteiger partial charge < -0.3 is 5.73 Å². The topological polar surface area (TPSA) is 98.5 Å². The third kappa shape index (κ3) is 4.37. The Morgan fingerprint density at radius 1 is 0.974 bits per heavy atom. The van der Waals surface area contributed by atoms with E-state index in [-0.39, 0.29) is 19.0 Å². The first-order chi connectivity index (χ1) is 18.8. The van der Waals surface area contributed by atoms with Crippen LogP contribution in [0.2, 0.25) is 0 Å². The first kappa shape index (κ1) is 24.6. The van der Waals surface area contributed by atoms with Crippen LogP contribution >= 0.6 is 0 Å². The molecule has 0 radical (unpaired) electrons. The van der Waals surface area contributed by atoms with Crippen LogP contribution in [0.15, 0.2) is 95.0 Å². The van der Waals surface area contributed by atoms with Gasteiger partial charge in [-0.15, -0.1) is 5.10 Å². The zero-order valence-corrected chi connectivity index (χ0v) is 22.0. The second kappa shape index (κ2) is 9.54. The molecule has 2 N–H and O–H groups in total. The minimum atomic E-state index is -0.627. The molecule has 1 atom stereocenters. The molecule has 8 nitrogen and oxygen atoms in total. The Morgan fingerprint density at radius 2 is 1.67 bits per heavy atom. The predicted molar refractivity (Wildman–Crippen MR) is 152 cm³/mol. The van der Waals surface area contributed by atoms with E-state index in [4.69, 9.17) is 10.8 Å². The van der Waals surface area contributed by atoms with Crippen LogP contribution in [-0.4, -0.2) is 26.0 Å². The van der Waals surface area contributed by atoms with Crippen molar-refractivity contribution >= 4 is 17.6 Å². The van der Waals surface area contributed by atoms with Gasteiger partial charge in [-0.25, -0.2) is 19.1 Å². The fourth-order valence-corrected chi connectivity index (χ4v) is 5.57. The molecule has 0 unspecified atom stereocenters. The first-order valence-corrected chi connectivity index (χ1v) is 13.1. The molecule has 0 saturated carbocycles. The molecular formula is C31H30N6O2. The minimum Gasteiger partial charge on any atom is -0.368 e. The number of amides is 1. The van der Waals surface area contributed by atoms with Gasteiger partial charge in [-0.3, -0.25) is 4.79 Å². The number of rotatable bonds is 6. The zero-order valence-electron chi connectivity index (χ0n) is 22.0. The lowest BCUT2D eigenvalue weighted by Crippen LogP contribution is -2.39. The van der Waals surface area contributed by atoms with Gasteiger partial charge in [-0.2, -0.15) is 5.10 Å².